The highest BCUT2D eigenvalue weighted by Crippen LogP contribution is 2.23. The third-order valence-corrected chi connectivity index (χ3v) is 5.75. The molecule has 0 N–H and O–H groups in total. The van der Waals surface area contributed by atoms with Gasteiger partial charge in [0.05, 0.1) is 12.7 Å². The molecule has 1 aliphatic heterocycles. The van der Waals surface area contributed by atoms with Crippen LogP contribution in [0.4, 0.5) is 5.69 Å². The van der Waals surface area contributed by atoms with Gasteiger partial charge < -0.3 is 19.3 Å². The van der Waals surface area contributed by atoms with Crippen molar-refractivity contribution in [3.63, 3.8) is 0 Å². The van der Waals surface area contributed by atoms with E-state index in [1.54, 1.807) is 43.3 Å². The molecule has 7 heteroatoms. The molecule has 7 nitrogen and oxygen atoms in total. The average molecular weight is 447 g/mol. The van der Waals surface area contributed by atoms with Crippen LogP contribution in [0, 0.1) is 0 Å². The van der Waals surface area contributed by atoms with Crippen molar-refractivity contribution in [3.05, 3.63) is 71.8 Å². The van der Waals surface area contributed by atoms with Crippen LogP contribution < -0.4 is 9.64 Å². The molecule has 3 aromatic rings. The van der Waals surface area contributed by atoms with Crippen LogP contribution in [-0.2, 0) is 20.9 Å². The van der Waals surface area contributed by atoms with Crippen LogP contribution in [0.1, 0.15) is 28.8 Å². The fourth-order valence-electron chi connectivity index (χ4n) is 3.90. The summed E-state index contributed by atoms with van der Waals surface area (Å²) in [5, 5.41) is 2.11. The number of ether oxygens (including phenoxy) is 2. The molecular formula is C26H26N2O5. The molecule has 1 aliphatic rings. The summed E-state index contributed by atoms with van der Waals surface area (Å²) in [7, 11) is 3.31. The van der Waals surface area contributed by atoms with Crippen molar-refractivity contribution in [2.75, 3.05) is 32.2 Å². The summed E-state index contributed by atoms with van der Waals surface area (Å²) in [6.07, 6.45) is 1.32. The smallest absolute Gasteiger partial charge is 0.338 e. The second-order valence-electron chi connectivity index (χ2n) is 8.07. The van der Waals surface area contributed by atoms with E-state index >= 15 is 0 Å². The van der Waals surface area contributed by atoms with E-state index in [-0.39, 0.29) is 18.4 Å². The number of hydrogen-bond acceptors (Lipinski definition) is 5. The Kier molecular flexibility index (Phi) is 6.58. The zero-order valence-corrected chi connectivity index (χ0v) is 18.7. The second-order valence-corrected chi connectivity index (χ2v) is 8.07. The third-order valence-electron chi connectivity index (χ3n) is 5.75. The normalized spacial score (nSPS) is 13.3. The van der Waals surface area contributed by atoms with Crippen molar-refractivity contribution < 1.29 is 23.9 Å². The number of amides is 2. The molecule has 2 amide bonds. The zero-order valence-electron chi connectivity index (χ0n) is 18.7. The first-order valence-electron chi connectivity index (χ1n) is 10.8. The van der Waals surface area contributed by atoms with Gasteiger partial charge in [0.1, 0.15) is 5.75 Å². The first kappa shape index (κ1) is 22.3. The number of likely N-dealkylation sites (N-methyl/N-ethyl adjacent to an activating group) is 1. The molecule has 0 atom stereocenters. The number of fused-ring (bicyclic) bond motifs is 1. The Morgan fingerprint density at radius 3 is 2.58 bits per heavy atom. The Balaban J connectivity index is 1.34. The summed E-state index contributed by atoms with van der Waals surface area (Å²) in [5.74, 6) is -0.0546. The molecule has 1 saturated heterocycles. The molecule has 0 spiro atoms. The Morgan fingerprint density at radius 1 is 1.03 bits per heavy atom. The van der Waals surface area contributed by atoms with Crippen LogP contribution >= 0.6 is 0 Å². The molecule has 1 fully saturated rings. The number of esters is 1. The van der Waals surface area contributed by atoms with Crippen LogP contribution in [0.15, 0.2) is 60.7 Å². The van der Waals surface area contributed by atoms with Crippen molar-refractivity contribution in [1.82, 2.24) is 4.90 Å². The molecule has 0 saturated carbocycles. The van der Waals surface area contributed by atoms with E-state index in [4.69, 9.17) is 9.47 Å². The molecule has 0 bridgehead atoms. The van der Waals surface area contributed by atoms with Gasteiger partial charge in [0, 0.05) is 32.2 Å². The van der Waals surface area contributed by atoms with Crippen molar-refractivity contribution in [2.45, 2.75) is 19.4 Å². The lowest BCUT2D eigenvalue weighted by Gasteiger charge is -2.18. The highest BCUT2D eigenvalue weighted by molar-refractivity contribution is 5.98. The summed E-state index contributed by atoms with van der Waals surface area (Å²) in [6.45, 7) is 0.681. The van der Waals surface area contributed by atoms with Crippen molar-refractivity contribution in [2.24, 2.45) is 0 Å². The van der Waals surface area contributed by atoms with Gasteiger partial charge in [-0.15, -0.1) is 0 Å². The number of anilines is 1. The van der Waals surface area contributed by atoms with Gasteiger partial charge in [0.2, 0.25) is 5.91 Å². The number of carbonyl (C=O) groups excluding carboxylic acids is 3. The van der Waals surface area contributed by atoms with Gasteiger partial charge in [0.25, 0.3) is 5.91 Å². The average Bonchev–Trinajstić information content (AvgIpc) is 3.27. The second kappa shape index (κ2) is 9.73. The molecule has 3 aromatic carbocycles. The molecule has 4 rings (SSSR count). The molecule has 0 radical (unpaired) electrons. The lowest BCUT2D eigenvalue weighted by Crippen LogP contribution is -2.30. The molecule has 0 aromatic heterocycles. The SMILES string of the molecule is COc1ccc2cc(CN(C)C(=O)COC(=O)c3cccc(N4CCCC4=O)c3)ccc2c1. The van der Waals surface area contributed by atoms with Gasteiger partial charge in [-0.2, -0.15) is 0 Å². The Bertz CT molecular complexity index is 1210. The number of hydrogen-bond donors (Lipinski definition) is 0. The number of carbonyl (C=O) groups is 3. The van der Waals surface area contributed by atoms with E-state index in [1.165, 1.54) is 4.90 Å². The molecular weight excluding hydrogens is 420 g/mol. The maximum Gasteiger partial charge on any atom is 0.338 e. The topological polar surface area (TPSA) is 76.2 Å². The molecule has 0 aliphatic carbocycles. The number of rotatable bonds is 7. The Morgan fingerprint density at radius 2 is 1.82 bits per heavy atom. The standard InChI is InChI=1S/C26H26N2O5/c1-27(16-18-8-9-20-15-23(32-2)11-10-19(20)13-18)25(30)17-33-26(31)21-5-3-6-22(14-21)28-12-4-7-24(28)29/h3,5-6,8-11,13-15H,4,7,12,16-17H2,1-2H3. The maximum absolute atomic E-state index is 12.5. The van der Waals surface area contributed by atoms with Gasteiger partial charge in [0.15, 0.2) is 6.61 Å². The molecule has 33 heavy (non-hydrogen) atoms. The first-order chi connectivity index (χ1) is 15.9. The minimum atomic E-state index is -0.593. The lowest BCUT2D eigenvalue weighted by molar-refractivity contribution is -0.133. The summed E-state index contributed by atoms with van der Waals surface area (Å²) in [5.41, 5.74) is 1.95. The molecule has 170 valence electrons. The summed E-state index contributed by atoms with van der Waals surface area (Å²) >= 11 is 0. The fourth-order valence-corrected chi connectivity index (χ4v) is 3.90. The highest BCUT2D eigenvalue weighted by atomic mass is 16.5. The highest BCUT2D eigenvalue weighted by Gasteiger charge is 2.22. The van der Waals surface area contributed by atoms with Gasteiger partial charge in [-0.3, -0.25) is 9.59 Å². The zero-order chi connectivity index (χ0) is 23.4. The van der Waals surface area contributed by atoms with Gasteiger partial charge >= 0.3 is 5.97 Å². The summed E-state index contributed by atoms with van der Waals surface area (Å²) < 4.78 is 10.5. The van der Waals surface area contributed by atoms with Crippen LogP contribution in [0.5, 0.6) is 5.75 Å². The van der Waals surface area contributed by atoms with Crippen LogP contribution in [-0.4, -0.2) is 50.0 Å². The van der Waals surface area contributed by atoms with E-state index in [0.29, 0.717) is 30.8 Å². The van der Waals surface area contributed by atoms with Gasteiger partial charge in [-0.1, -0.05) is 24.3 Å². The van der Waals surface area contributed by atoms with Crippen molar-refractivity contribution >= 4 is 34.2 Å². The van der Waals surface area contributed by atoms with Crippen molar-refractivity contribution in [1.29, 1.82) is 0 Å². The number of benzene rings is 3. The van der Waals surface area contributed by atoms with Crippen LogP contribution in [0.3, 0.4) is 0 Å². The Hall–Kier alpha value is -3.87. The van der Waals surface area contributed by atoms with E-state index in [1.807, 2.05) is 36.4 Å². The third kappa shape index (κ3) is 5.14. The predicted octanol–water partition coefficient (Wildman–Crippen LogP) is 3.79. The van der Waals surface area contributed by atoms with Crippen molar-refractivity contribution in [3.8, 4) is 5.75 Å². The number of nitrogens with zero attached hydrogens (tertiary/aromatic N) is 2. The van der Waals surface area contributed by atoms with Gasteiger partial charge in [-0.25, -0.2) is 4.79 Å². The Labute approximate surface area is 192 Å². The quantitative estimate of drug-likeness (QED) is 0.516. The van der Waals surface area contributed by atoms with E-state index < -0.39 is 5.97 Å². The van der Waals surface area contributed by atoms with E-state index in [9.17, 15) is 14.4 Å². The predicted molar refractivity (Wildman–Crippen MR) is 125 cm³/mol. The molecule has 1 heterocycles. The largest absolute Gasteiger partial charge is 0.497 e. The van der Waals surface area contributed by atoms with Crippen LogP contribution in [0.25, 0.3) is 10.8 Å². The van der Waals surface area contributed by atoms with E-state index in [0.717, 1.165) is 28.5 Å². The van der Waals surface area contributed by atoms with Crippen LogP contribution in [0.2, 0.25) is 0 Å². The first-order valence-corrected chi connectivity index (χ1v) is 10.8. The summed E-state index contributed by atoms with van der Waals surface area (Å²) in [4.78, 5) is 40.1. The van der Waals surface area contributed by atoms with E-state index in [2.05, 4.69) is 0 Å². The molecule has 0 unspecified atom stereocenters. The number of methoxy groups -OCH3 is 1. The monoisotopic (exact) mass is 446 g/mol. The lowest BCUT2D eigenvalue weighted by atomic mass is 10.1. The van der Waals surface area contributed by atoms with Gasteiger partial charge in [-0.05, 0) is 59.2 Å². The maximum atomic E-state index is 12.5. The fraction of sp³-hybridized carbons (Fsp3) is 0.269. The summed E-state index contributed by atoms with van der Waals surface area (Å²) in [6, 6.07) is 18.6. The minimum Gasteiger partial charge on any atom is -0.497 e. The minimum absolute atomic E-state index is 0.0464.